The second-order valence-electron chi connectivity index (χ2n) is 7.35. The lowest BCUT2D eigenvalue weighted by Crippen LogP contribution is -2.20. The minimum Gasteiger partial charge on any atom is -0.495 e. The molecule has 1 aromatic heterocycles. The summed E-state index contributed by atoms with van der Waals surface area (Å²) in [5, 5.41) is 23.7. The van der Waals surface area contributed by atoms with Gasteiger partial charge in [0.05, 0.1) is 18.3 Å². The van der Waals surface area contributed by atoms with E-state index in [-0.39, 0.29) is 24.0 Å². The zero-order valence-corrected chi connectivity index (χ0v) is 18.6. The van der Waals surface area contributed by atoms with Crippen LogP contribution in [0.5, 0.6) is 11.6 Å². The Morgan fingerprint density at radius 3 is 2.37 bits per heavy atom. The number of aromatic nitrogens is 1. The number of benzene rings is 3. The number of nitrogens with one attached hydrogen (secondary N) is 2. The van der Waals surface area contributed by atoms with Gasteiger partial charge in [0.15, 0.2) is 5.69 Å². The van der Waals surface area contributed by atoms with E-state index in [9.17, 15) is 19.5 Å². The molecule has 3 N–H and O–H groups in total. The molecule has 4 aromatic rings. The lowest BCUT2D eigenvalue weighted by atomic mass is 10.2. The highest BCUT2D eigenvalue weighted by Gasteiger charge is 2.20. The molecule has 0 bridgehead atoms. The van der Waals surface area contributed by atoms with Crippen molar-refractivity contribution in [3.8, 4) is 11.6 Å². The molecule has 1 heterocycles. The van der Waals surface area contributed by atoms with Crippen LogP contribution in [0, 0.1) is 0 Å². The predicted molar refractivity (Wildman–Crippen MR) is 130 cm³/mol. The molecule has 10 nitrogen and oxygen atoms in total. The third kappa shape index (κ3) is 5.17. The van der Waals surface area contributed by atoms with Crippen LogP contribution in [0.1, 0.15) is 0 Å². The van der Waals surface area contributed by atoms with Gasteiger partial charge in [0.2, 0.25) is 11.8 Å². The SMILES string of the molecule is COc1ccccc1NC(=O)C(=O)N=Nc1c(O)n(CC(=O)Nc2ccccc2)c2ccccc12. The lowest BCUT2D eigenvalue weighted by molar-refractivity contribution is -0.134. The minimum atomic E-state index is -1.17. The number of carbonyl (C=O) groups excluding carboxylic acids is 3. The van der Waals surface area contributed by atoms with Crippen molar-refractivity contribution in [3.63, 3.8) is 0 Å². The smallest absolute Gasteiger partial charge is 0.353 e. The summed E-state index contributed by atoms with van der Waals surface area (Å²) in [6.45, 7) is -0.209. The van der Waals surface area contributed by atoms with Crippen molar-refractivity contribution in [2.24, 2.45) is 10.2 Å². The van der Waals surface area contributed by atoms with E-state index in [2.05, 4.69) is 20.9 Å². The van der Waals surface area contributed by atoms with E-state index >= 15 is 0 Å². The number of methoxy groups -OCH3 is 1. The van der Waals surface area contributed by atoms with Crippen LogP contribution < -0.4 is 15.4 Å². The van der Waals surface area contributed by atoms with E-state index < -0.39 is 11.8 Å². The number of rotatable bonds is 6. The summed E-state index contributed by atoms with van der Waals surface area (Å²) >= 11 is 0. The van der Waals surface area contributed by atoms with Crippen LogP contribution in [0.4, 0.5) is 17.1 Å². The molecular weight excluding hydrogens is 450 g/mol. The van der Waals surface area contributed by atoms with Crippen molar-refractivity contribution < 1.29 is 24.2 Å². The van der Waals surface area contributed by atoms with E-state index in [1.807, 2.05) is 6.07 Å². The molecule has 10 heteroatoms. The summed E-state index contributed by atoms with van der Waals surface area (Å²) < 4.78 is 6.49. The molecule has 176 valence electrons. The molecule has 3 amide bonds. The van der Waals surface area contributed by atoms with Gasteiger partial charge in [-0.25, -0.2) is 0 Å². The second-order valence-corrected chi connectivity index (χ2v) is 7.35. The van der Waals surface area contributed by atoms with Crippen LogP contribution in [-0.2, 0) is 20.9 Å². The van der Waals surface area contributed by atoms with Crippen molar-refractivity contribution in [1.29, 1.82) is 0 Å². The van der Waals surface area contributed by atoms with Crippen LogP contribution in [0.2, 0.25) is 0 Å². The fourth-order valence-electron chi connectivity index (χ4n) is 3.46. The molecule has 0 aliphatic carbocycles. The molecule has 0 spiro atoms. The summed E-state index contributed by atoms with van der Waals surface area (Å²) in [6, 6.07) is 22.3. The summed E-state index contributed by atoms with van der Waals surface area (Å²) in [5.74, 6) is -2.56. The summed E-state index contributed by atoms with van der Waals surface area (Å²) in [6.07, 6.45) is 0. The average molecular weight is 471 g/mol. The fourth-order valence-corrected chi connectivity index (χ4v) is 3.46. The monoisotopic (exact) mass is 471 g/mol. The topological polar surface area (TPSA) is 134 Å². The minimum absolute atomic E-state index is 0.0356. The summed E-state index contributed by atoms with van der Waals surface area (Å²) in [7, 11) is 1.44. The number of azo groups is 1. The largest absolute Gasteiger partial charge is 0.495 e. The van der Waals surface area contributed by atoms with Crippen LogP contribution in [-0.4, -0.2) is 34.5 Å². The Balaban J connectivity index is 1.55. The number of hydrogen-bond acceptors (Lipinski definition) is 6. The van der Waals surface area contributed by atoms with E-state index in [4.69, 9.17) is 4.74 Å². The average Bonchev–Trinajstić information content (AvgIpc) is 3.13. The molecule has 4 rings (SSSR count). The molecule has 0 aliphatic heterocycles. The van der Waals surface area contributed by atoms with Gasteiger partial charge in [0, 0.05) is 11.1 Å². The molecule has 0 radical (unpaired) electrons. The van der Waals surface area contributed by atoms with Crippen molar-refractivity contribution >= 4 is 45.7 Å². The van der Waals surface area contributed by atoms with Gasteiger partial charge in [-0.15, -0.1) is 10.2 Å². The molecule has 0 aliphatic rings. The maximum Gasteiger partial charge on any atom is 0.353 e. The first kappa shape index (κ1) is 23.2. The number of aromatic hydroxyl groups is 1. The van der Waals surface area contributed by atoms with Gasteiger partial charge in [0.1, 0.15) is 12.3 Å². The number of ether oxygens (including phenoxy) is 1. The lowest BCUT2D eigenvalue weighted by Gasteiger charge is -2.08. The number of carbonyl (C=O) groups is 3. The van der Waals surface area contributed by atoms with Gasteiger partial charge in [-0.05, 0) is 30.3 Å². The van der Waals surface area contributed by atoms with Crippen LogP contribution in [0.25, 0.3) is 10.9 Å². The zero-order chi connectivity index (χ0) is 24.8. The molecule has 0 atom stereocenters. The third-order valence-electron chi connectivity index (χ3n) is 5.07. The highest BCUT2D eigenvalue weighted by Crippen LogP contribution is 2.38. The van der Waals surface area contributed by atoms with E-state index in [0.29, 0.717) is 28.0 Å². The van der Waals surface area contributed by atoms with Crippen LogP contribution in [0.3, 0.4) is 0 Å². The quantitative estimate of drug-likeness (QED) is 0.286. The van der Waals surface area contributed by atoms with Gasteiger partial charge in [-0.3, -0.25) is 14.4 Å². The molecule has 3 aromatic carbocycles. The fraction of sp³-hybridized carbons (Fsp3) is 0.0800. The molecule has 0 saturated heterocycles. The first-order valence-electron chi connectivity index (χ1n) is 10.5. The normalized spacial score (nSPS) is 10.9. The number of para-hydroxylation sites is 4. The van der Waals surface area contributed by atoms with E-state index in [1.165, 1.54) is 11.7 Å². The second kappa shape index (κ2) is 10.3. The Bertz CT molecular complexity index is 1430. The molecule has 35 heavy (non-hydrogen) atoms. The van der Waals surface area contributed by atoms with Crippen LogP contribution in [0.15, 0.2) is 89.1 Å². The molecule has 0 unspecified atom stereocenters. The highest BCUT2D eigenvalue weighted by molar-refractivity contribution is 6.40. The maximum atomic E-state index is 12.6. The number of hydrogen-bond donors (Lipinski definition) is 3. The standard InChI is InChI=1S/C25H21N5O5/c1-35-20-14-8-6-12-18(20)27-23(32)24(33)29-28-22-17-11-5-7-13-19(17)30(25(22)34)15-21(31)26-16-9-3-2-4-10-16/h2-14,34H,15H2,1H3,(H,26,31)(H,27,32). The Kier molecular flexibility index (Phi) is 6.82. The molecular formula is C25H21N5O5. The molecule has 0 fully saturated rings. The Morgan fingerprint density at radius 2 is 1.60 bits per heavy atom. The zero-order valence-electron chi connectivity index (χ0n) is 18.6. The van der Waals surface area contributed by atoms with Crippen molar-refractivity contribution in [2.75, 3.05) is 17.7 Å². The number of nitrogens with zero attached hydrogens (tertiary/aromatic N) is 3. The first-order valence-corrected chi connectivity index (χ1v) is 10.5. The summed E-state index contributed by atoms with van der Waals surface area (Å²) in [5.41, 5.74) is 1.38. The van der Waals surface area contributed by atoms with E-state index in [0.717, 1.165) is 0 Å². The maximum absolute atomic E-state index is 12.6. The van der Waals surface area contributed by atoms with Crippen molar-refractivity contribution in [3.05, 3.63) is 78.9 Å². The number of anilines is 2. The van der Waals surface area contributed by atoms with Gasteiger partial charge in [-0.2, -0.15) is 0 Å². The van der Waals surface area contributed by atoms with E-state index in [1.54, 1.807) is 72.8 Å². The van der Waals surface area contributed by atoms with Crippen molar-refractivity contribution in [1.82, 2.24) is 4.57 Å². The molecule has 0 saturated carbocycles. The summed E-state index contributed by atoms with van der Waals surface area (Å²) in [4.78, 5) is 37.1. The third-order valence-corrected chi connectivity index (χ3v) is 5.07. The van der Waals surface area contributed by atoms with Crippen LogP contribution >= 0.6 is 0 Å². The predicted octanol–water partition coefficient (Wildman–Crippen LogP) is 4.24. The Hall–Kier alpha value is -4.99. The Morgan fingerprint density at radius 1 is 0.914 bits per heavy atom. The Labute approximate surface area is 199 Å². The van der Waals surface area contributed by atoms with Gasteiger partial charge >= 0.3 is 11.8 Å². The number of fused-ring (bicyclic) bond motifs is 1. The van der Waals surface area contributed by atoms with Gasteiger partial charge in [-0.1, -0.05) is 48.5 Å². The first-order chi connectivity index (χ1) is 17.0. The number of amides is 3. The highest BCUT2D eigenvalue weighted by atomic mass is 16.5. The van der Waals surface area contributed by atoms with Gasteiger partial charge in [0.25, 0.3) is 0 Å². The van der Waals surface area contributed by atoms with Crippen molar-refractivity contribution in [2.45, 2.75) is 6.54 Å². The van der Waals surface area contributed by atoms with Gasteiger partial charge < -0.3 is 25.0 Å².